The van der Waals surface area contributed by atoms with Gasteiger partial charge in [0.1, 0.15) is 0 Å². The molecule has 0 bridgehead atoms. The number of nitrogens with zero attached hydrogens (tertiary/aromatic N) is 1. The summed E-state index contributed by atoms with van der Waals surface area (Å²) in [6.07, 6.45) is 7.72. The summed E-state index contributed by atoms with van der Waals surface area (Å²) in [5, 5.41) is 0. The van der Waals surface area contributed by atoms with Crippen molar-refractivity contribution < 1.29 is 17.8 Å². The van der Waals surface area contributed by atoms with E-state index in [1.165, 1.54) is 62.6 Å². The van der Waals surface area contributed by atoms with Crippen LogP contribution in [0.15, 0.2) is 0 Å². The van der Waals surface area contributed by atoms with E-state index >= 15 is 0 Å². The quantitative estimate of drug-likeness (QED) is 0.241. The first-order valence-corrected chi connectivity index (χ1v) is 12.8. The van der Waals surface area contributed by atoms with Crippen molar-refractivity contribution in [2.75, 3.05) is 46.0 Å². The highest BCUT2D eigenvalue weighted by Crippen LogP contribution is 2.22. The molecule has 0 aromatic heterocycles. The van der Waals surface area contributed by atoms with Crippen molar-refractivity contribution >= 4 is 8.80 Å². The van der Waals surface area contributed by atoms with Gasteiger partial charge in [0.2, 0.25) is 0 Å². The number of rotatable bonds is 18. The van der Waals surface area contributed by atoms with Crippen molar-refractivity contribution in [1.29, 1.82) is 0 Å². The molecule has 0 aromatic rings. The second-order valence-electron chi connectivity index (χ2n) is 7.03. The Kier molecular flexibility index (Phi) is 15.2. The highest BCUT2D eigenvalue weighted by Gasteiger charge is 2.43. The Morgan fingerprint density at radius 3 is 1.20 bits per heavy atom. The zero-order valence-electron chi connectivity index (χ0n) is 18.1. The molecule has 0 saturated carbocycles. The molecule has 0 aromatic carbocycles. The summed E-state index contributed by atoms with van der Waals surface area (Å²) < 4.78 is 19.5. The Hall–Kier alpha value is 0.0569. The highest BCUT2D eigenvalue weighted by molar-refractivity contribution is 6.60. The first kappa shape index (κ1) is 25.1. The minimum absolute atomic E-state index is 0.672. The maximum absolute atomic E-state index is 6.10. The fraction of sp³-hybridized carbons (Fsp3) is 1.00. The van der Waals surface area contributed by atoms with Crippen LogP contribution in [0.4, 0.5) is 0 Å². The van der Waals surface area contributed by atoms with E-state index < -0.39 is 8.80 Å². The van der Waals surface area contributed by atoms with Crippen molar-refractivity contribution in [3.05, 3.63) is 0 Å². The molecule has 0 atom stereocenters. The molecule has 25 heavy (non-hydrogen) atoms. The molecule has 5 heteroatoms. The van der Waals surface area contributed by atoms with Crippen molar-refractivity contribution in [3.8, 4) is 0 Å². The summed E-state index contributed by atoms with van der Waals surface area (Å²) in [6, 6.07) is 0.944. The SMILES string of the molecule is CCCC[N+](CCCC)(CCCC)CC[Si](OCC)(OCC)OCC. The molecule has 0 aliphatic carbocycles. The van der Waals surface area contributed by atoms with Crippen molar-refractivity contribution in [3.63, 3.8) is 0 Å². The molecule has 0 fully saturated rings. The van der Waals surface area contributed by atoms with Gasteiger partial charge in [0.05, 0.1) is 32.2 Å². The predicted molar refractivity (Wildman–Crippen MR) is 110 cm³/mol. The topological polar surface area (TPSA) is 27.7 Å². The molecular formula is C20H46NO3Si+. The maximum Gasteiger partial charge on any atom is 0.506 e. The summed E-state index contributed by atoms with van der Waals surface area (Å²) in [5.74, 6) is 0. The number of unbranched alkanes of at least 4 members (excludes halogenated alkanes) is 3. The van der Waals surface area contributed by atoms with E-state index in [4.69, 9.17) is 13.3 Å². The van der Waals surface area contributed by atoms with Crippen LogP contribution in [0.1, 0.15) is 80.1 Å². The van der Waals surface area contributed by atoms with E-state index in [0.717, 1.165) is 12.6 Å². The van der Waals surface area contributed by atoms with Gasteiger partial charge in [-0.1, -0.05) is 40.0 Å². The minimum atomic E-state index is -2.54. The summed E-state index contributed by atoms with van der Waals surface area (Å²) in [6.45, 7) is 20.0. The number of hydrogen-bond donors (Lipinski definition) is 0. The van der Waals surface area contributed by atoms with Crippen LogP contribution in [-0.2, 0) is 13.3 Å². The Bertz CT molecular complexity index is 264. The first-order valence-electron chi connectivity index (χ1n) is 10.8. The van der Waals surface area contributed by atoms with Crippen molar-refractivity contribution in [2.24, 2.45) is 0 Å². The van der Waals surface area contributed by atoms with E-state index in [1.807, 2.05) is 20.8 Å². The van der Waals surface area contributed by atoms with Crippen LogP contribution >= 0.6 is 0 Å². The van der Waals surface area contributed by atoms with Gasteiger partial charge in [-0.05, 0) is 40.0 Å². The third-order valence-electron chi connectivity index (χ3n) is 4.94. The second-order valence-corrected chi connectivity index (χ2v) is 9.76. The molecule has 0 spiro atoms. The van der Waals surface area contributed by atoms with Crippen LogP contribution in [0, 0.1) is 0 Å². The first-order chi connectivity index (χ1) is 12.1. The van der Waals surface area contributed by atoms with Gasteiger partial charge in [0.15, 0.2) is 0 Å². The molecule has 0 aliphatic heterocycles. The third kappa shape index (κ3) is 10.1. The van der Waals surface area contributed by atoms with Gasteiger partial charge in [-0.25, -0.2) is 0 Å². The Labute approximate surface area is 159 Å². The molecule has 0 unspecified atom stereocenters. The van der Waals surface area contributed by atoms with E-state index in [9.17, 15) is 0 Å². The molecule has 0 heterocycles. The van der Waals surface area contributed by atoms with Crippen LogP contribution in [0.3, 0.4) is 0 Å². The lowest BCUT2D eigenvalue weighted by atomic mass is 10.1. The van der Waals surface area contributed by atoms with Gasteiger partial charge in [0, 0.05) is 19.8 Å². The molecular weight excluding hydrogens is 330 g/mol. The predicted octanol–water partition coefficient (Wildman–Crippen LogP) is 5.25. The second kappa shape index (κ2) is 15.1. The van der Waals surface area contributed by atoms with Crippen LogP contribution < -0.4 is 0 Å². The lowest BCUT2D eigenvalue weighted by Crippen LogP contribution is -2.55. The zero-order valence-corrected chi connectivity index (χ0v) is 19.1. The molecule has 0 amide bonds. The molecule has 0 rings (SSSR count). The van der Waals surface area contributed by atoms with Gasteiger partial charge in [-0.2, -0.15) is 0 Å². The summed E-state index contributed by atoms with van der Waals surface area (Å²) >= 11 is 0. The van der Waals surface area contributed by atoms with E-state index in [-0.39, 0.29) is 0 Å². The molecule has 0 saturated heterocycles. The molecule has 0 N–H and O–H groups in total. The van der Waals surface area contributed by atoms with Gasteiger partial charge < -0.3 is 17.8 Å². The Morgan fingerprint density at radius 2 is 0.920 bits per heavy atom. The monoisotopic (exact) mass is 376 g/mol. The summed E-state index contributed by atoms with van der Waals surface area (Å²) in [4.78, 5) is 0. The minimum Gasteiger partial charge on any atom is -0.374 e. The number of hydrogen-bond acceptors (Lipinski definition) is 3. The van der Waals surface area contributed by atoms with Gasteiger partial charge in [-0.3, -0.25) is 0 Å². The summed E-state index contributed by atoms with van der Waals surface area (Å²) in [5.41, 5.74) is 0. The Balaban J connectivity index is 5.23. The Morgan fingerprint density at radius 1 is 0.560 bits per heavy atom. The molecule has 0 aliphatic rings. The average molecular weight is 377 g/mol. The third-order valence-corrected chi connectivity index (χ3v) is 7.96. The van der Waals surface area contributed by atoms with E-state index in [2.05, 4.69) is 20.8 Å². The lowest BCUT2D eigenvalue weighted by Gasteiger charge is -2.41. The standard InChI is InChI=1S/C20H46NO3Si/c1-7-13-16-21(17-14-8-2,18-15-9-3)19-20-25(22-10-4,23-11-5)24-12-6/h7-20H2,1-6H3/q+1. The normalized spacial score (nSPS) is 12.7. The van der Waals surface area contributed by atoms with Gasteiger partial charge in [0.25, 0.3) is 0 Å². The van der Waals surface area contributed by atoms with Crippen LogP contribution in [0.2, 0.25) is 6.04 Å². The van der Waals surface area contributed by atoms with E-state index in [1.54, 1.807) is 0 Å². The highest BCUT2D eigenvalue weighted by atomic mass is 28.4. The largest absolute Gasteiger partial charge is 0.506 e. The molecule has 152 valence electrons. The summed E-state index contributed by atoms with van der Waals surface area (Å²) in [7, 11) is -2.54. The molecule has 4 nitrogen and oxygen atoms in total. The molecule has 0 radical (unpaired) electrons. The van der Waals surface area contributed by atoms with Crippen LogP contribution in [0.5, 0.6) is 0 Å². The van der Waals surface area contributed by atoms with Crippen LogP contribution in [-0.4, -0.2) is 59.3 Å². The maximum atomic E-state index is 6.10. The van der Waals surface area contributed by atoms with Crippen molar-refractivity contribution in [1.82, 2.24) is 0 Å². The average Bonchev–Trinajstić information content (AvgIpc) is 2.61. The van der Waals surface area contributed by atoms with Gasteiger partial charge >= 0.3 is 8.80 Å². The van der Waals surface area contributed by atoms with Gasteiger partial charge in [-0.15, -0.1) is 0 Å². The van der Waals surface area contributed by atoms with E-state index in [0.29, 0.717) is 19.8 Å². The van der Waals surface area contributed by atoms with Crippen molar-refractivity contribution in [2.45, 2.75) is 86.1 Å². The lowest BCUT2D eigenvalue weighted by molar-refractivity contribution is -0.927. The zero-order chi connectivity index (χ0) is 19.0. The smallest absolute Gasteiger partial charge is 0.374 e. The fourth-order valence-corrected chi connectivity index (χ4v) is 6.28. The number of quaternary nitrogens is 1. The van der Waals surface area contributed by atoms with Crippen LogP contribution in [0.25, 0.3) is 0 Å². The fourth-order valence-electron chi connectivity index (χ4n) is 3.53.